The van der Waals surface area contributed by atoms with Crippen LogP contribution in [0.15, 0.2) is 29.9 Å². The summed E-state index contributed by atoms with van der Waals surface area (Å²) in [5.41, 5.74) is 0.447. The van der Waals surface area contributed by atoms with Gasteiger partial charge in [0.2, 0.25) is 5.97 Å². The third-order valence-electron chi connectivity index (χ3n) is 0.466. The van der Waals surface area contributed by atoms with Gasteiger partial charge in [0.25, 0.3) is 0 Å². The van der Waals surface area contributed by atoms with Crippen molar-refractivity contribution in [1.82, 2.24) is 0 Å². The first kappa shape index (κ1) is 11.8. The molecule has 0 radical (unpaired) electrons. The van der Waals surface area contributed by atoms with Crippen LogP contribution < -0.4 is 0 Å². The number of aliphatic imine (C=N–C) groups is 1. The number of rotatable bonds is 2. The molecule has 0 aromatic carbocycles. The van der Waals surface area contributed by atoms with E-state index in [0.29, 0.717) is 5.70 Å². The van der Waals surface area contributed by atoms with Crippen LogP contribution in [0, 0.1) is 0 Å². The van der Waals surface area contributed by atoms with Crippen LogP contribution >= 0.6 is 0 Å². The van der Waals surface area contributed by atoms with Gasteiger partial charge in [-0.2, -0.15) is 4.39 Å². The molecule has 0 rings (SSSR count). The molecule has 2 heteroatoms. The maximum absolute atomic E-state index is 12.0. The average Bonchev–Trinajstić information content (AvgIpc) is 1.91. The quantitative estimate of drug-likeness (QED) is 0.527. The molecule has 0 N–H and O–H groups in total. The van der Waals surface area contributed by atoms with Crippen molar-refractivity contribution in [2.75, 3.05) is 0 Å². The van der Waals surface area contributed by atoms with Gasteiger partial charge in [0.05, 0.1) is 0 Å². The van der Waals surface area contributed by atoms with E-state index < -0.39 is 5.97 Å². The first-order chi connectivity index (χ1) is 4.66. The third-order valence-corrected chi connectivity index (χ3v) is 0.466. The Morgan fingerprint density at radius 3 is 2.00 bits per heavy atom. The molecular weight excluding hydrogens is 129 g/mol. The van der Waals surface area contributed by atoms with Gasteiger partial charge in [-0.15, -0.1) is 0 Å². The van der Waals surface area contributed by atoms with E-state index in [1.54, 1.807) is 6.92 Å². The van der Waals surface area contributed by atoms with Crippen molar-refractivity contribution in [1.29, 1.82) is 0 Å². The normalized spacial score (nSPS) is 9.40. The summed E-state index contributed by atoms with van der Waals surface area (Å²) in [6.45, 7) is 12.1. The zero-order valence-electron chi connectivity index (χ0n) is 6.82. The number of allylic oxidation sites excluding steroid dienone is 2. The second-order valence-electron chi connectivity index (χ2n) is 1.37. The van der Waals surface area contributed by atoms with Crippen molar-refractivity contribution >= 4 is 5.97 Å². The number of hydrogen-bond donors (Lipinski definition) is 0. The van der Waals surface area contributed by atoms with Crippen molar-refractivity contribution in [3.63, 3.8) is 0 Å². The van der Waals surface area contributed by atoms with Gasteiger partial charge >= 0.3 is 0 Å². The molecule has 58 valence electrons. The number of nitrogens with zero attached hydrogens (tertiary/aromatic N) is 1. The van der Waals surface area contributed by atoms with Crippen molar-refractivity contribution in [3.8, 4) is 0 Å². The molecule has 0 unspecified atom stereocenters. The van der Waals surface area contributed by atoms with Crippen LogP contribution in [0.4, 0.5) is 4.39 Å². The van der Waals surface area contributed by atoms with Crippen molar-refractivity contribution in [3.05, 3.63) is 24.9 Å². The minimum Gasteiger partial charge on any atom is -0.226 e. The minimum atomic E-state index is -0.586. The summed E-state index contributed by atoms with van der Waals surface area (Å²) >= 11 is 0. The van der Waals surface area contributed by atoms with Crippen LogP contribution in [-0.4, -0.2) is 5.97 Å². The molecule has 0 aromatic heterocycles. The van der Waals surface area contributed by atoms with E-state index in [0.717, 1.165) is 6.08 Å². The first-order valence-electron chi connectivity index (χ1n) is 3.19. The van der Waals surface area contributed by atoms with E-state index in [1.807, 2.05) is 13.8 Å². The summed E-state index contributed by atoms with van der Waals surface area (Å²) in [7, 11) is 0. The Morgan fingerprint density at radius 1 is 1.50 bits per heavy atom. The Balaban J connectivity index is 0. The van der Waals surface area contributed by atoms with Crippen LogP contribution in [0.2, 0.25) is 0 Å². The third kappa shape index (κ3) is 10.1. The second kappa shape index (κ2) is 8.08. The predicted molar refractivity (Wildman–Crippen MR) is 44.9 cm³/mol. The number of hydrogen-bond acceptors (Lipinski definition) is 1. The second-order valence-corrected chi connectivity index (χ2v) is 1.37. The van der Waals surface area contributed by atoms with Crippen LogP contribution in [0.25, 0.3) is 0 Å². The molecule has 0 aromatic rings. The summed E-state index contributed by atoms with van der Waals surface area (Å²) in [5.74, 6) is -0.586. The Morgan fingerprint density at radius 2 is 1.90 bits per heavy atom. The Hall–Kier alpha value is -0.920. The lowest BCUT2D eigenvalue weighted by Gasteiger charge is -1.83. The van der Waals surface area contributed by atoms with Gasteiger partial charge in [-0.3, -0.25) is 0 Å². The highest BCUT2D eigenvalue weighted by molar-refractivity contribution is 5.86. The predicted octanol–water partition coefficient (Wildman–Crippen LogP) is 3.10. The van der Waals surface area contributed by atoms with Crippen molar-refractivity contribution < 1.29 is 4.39 Å². The molecule has 0 aliphatic rings. The highest BCUT2D eigenvalue weighted by Crippen LogP contribution is 1.91. The molecule has 0 aliphatic heterocycles. The lowest BCUT2D eigenvalue weighted by atomic mass is 10.6. The highest BCUT2D eigenvalue weighted by atomic mass is 19.1. The van der Waals surface area contributed by atoms with Crippen LogP contribution in [0.5, 0.6) is 0 Å². The van der Waals surface area contributed by atoms with E-state index in [1.165, 1.54) is 0 Å². The monoisotopic (exact) mass is 143 g/mol. The van der Waals surface area contributed by atoms with E-state index in [2.05, 4.69) is 18.2 Å². The molecule has 1 nitrogen and oxygen atoms in total. The molecule has 0 bridgehead atoms. The summed E-state index contributed by atoms with van der Waals surface area (Å²) in [6, 6.07) is 0. The van der Waals surface area contributed by atoms with Gasteiger partial charge in [-0.05, 0) is 13.0 Å². The van der Waals surface area contributed by atoms with Gasteiger partial charge in [0.1, 0.15) is 0 Å². The topological polar surface area (TPSA) is 12.4 Å². The molecule has 0 spiro atoms. The minimum absolute atomic E-state index is 0.447. The van der Waals surface area contributed by atoms with E-state index >= 15 is 0 Å². The molecule has 10 heavy (non-hydrogen) atoms. The Labute approximate surface area is 62.0 Å². The molecule has 0 aliphatic carbocycles. The molecule has 0 atom stereocenters. The maximum Gasteiger partial charge on any atom is 0.212 e. The van der Waals surface area contributed by atoms with Gasteiger partial charge in [0.15, 0.2) is 0 Å². The van der Waals surface area contributed by atoms with Crippen molar-refractivity contribution in [2.24, 2.45) is 4.99 Å². The fourth-order valence-corrected chi connectivity index (χ4v) is 0.228. The van der Waals surface area contributed by atoms with Gasteiger partial charge in [-0.25, -0.2) is 4.99 Å². The zero-order valence-corrected chi connectivity index (χ0v) is 6.82. The summed E-state index contributed by atoms with van der Waals surface area (Å²) in [5, 5.41) is 0. The largest absolute Gasteiger partial charge is 0.226 e. The van der Waals surface area contributed by atoms with Crippen LogP contribution in [-0.2, 0) is 0 Å². The highest BCUT2D eigenvalue weighted by Gasteiger charge is 1.83. The molecule has 0 saturated heterocycles. The van der Waals surface area contributed by atoms with Gasteiger partial charge < -0.3 is 0 Å². The fraction of sp³-hybridized carbons (Fsp3) is 0.375. The maximum atomic E-state index is 12.0. The van der Waals surface area contributed by atoms with Gasteiger partial charge in [0, 0.05) is 5.70 Å². The lowest BCUT2D eigenvalue weighted by molar-refractivity contribution is 0.810. The average molecular weight is 143 g/mol. The van der Waals surface area contributed by atoms with E-state index in [-0.39, 0.29) is 0 Å². The summed E-state index contributed by atoms with van der Waals surface area (Å²) in [6.07, 6.45) is 1.04. The fourth-order valence-electron chi connectivity index (χ4n) is 0.228. The standard InChI is InChI=1S/C6H8FN.C2H6/c1-4-6(7)8-5(2)3;1-2/h4H,1-2H2,3H3;1-2H3. The Bertz CT molecular complexity index is 136. The first-order valence-corrected chi connectivity index (χ1v) is 3.19. The number of halogens is 1. The SMILES string of the molecule is C=CC(F)=NC(=C)C.CC. The molecule has 0 saturated carbocycles. The van der Waals surface area contributed by atoms with Crippen molar-refractivity contribution in [2.45, 2.75) is 20.8 Å². The molecule has 0 heterocycles. The Kier molecular flexibility index (Phi) is 9.56. The zero-order chi connectivity index (χ0) is 8.57. The smallest absolute Gasteiger partial charge is 0.212 e. The van der Waals surface area contributed by atoms with Crippen LogP contribution in [0.3, 0.4) is 0 Å². The molecular formula is C8H14FN. The van der Waals surface area contributed by atoms with E-state index in [9.17, 15) is 4.39 Å². The molecule has 0 amide bonds. The molecule has 0 fully saturated rings. The van der Waals surface area contributed by atoms with Gasteiger partial charge in [-0.1, -0.05) is 27.0 Å². The summed E-state index contributed by atoms with van der Waals surface area (Å²) < 4.78 is 12.0. The van der Waals surface area contributed by atoms with Crippen LogP contribution in [0.1, 0.15) is 20.8 Å². The summed E-state index contributed by atoms with van der Waals surface area (Å²) in [4.78, 5) is 3.33. The van der Waals surface area contributed by atoms with E-state index in [4.69, 9.17) is 0 Å². The lowest BCUT2D eigenvalue weighted by Crippen LogP contribution is -1.78.